The van der Waals surface area contributed by atoms with Crippen LogP contribution in [0, 0.1) is 5.82 Å². The molecule has 0 bridgehead atoms. The molecule has 3 N–H and O–H groups in total. The summed E-state index contributed by atoms with van der Waals surface area (Å²) >= 11 is 7.50. The highest BCUT2D eigenvalue weighted by atomic mass is 35.5. The maximum Gasteiger partial charge on any atom is 0.145 e. The van der Waals surface area contributed by atoms with E-state index in [2.05, 4.69) is 17.6 Å². The van der Waals surface area contributed by atoms with Crippen LogP contribution in [0.25, 0.3) is 10.1 Å². The summed E-state index contributed by atoms with van der Waals surface area (Å²) < 4.78 is 15.2. The highest BCUT2D eigenvalue weighted by molar-refractivity contribution is 7.17. The maximum atomic E-state index is 14.1. The zero-order valence-electron chi connectivity index (χ0n) is 11.1. The van der Waals surface area contributed by atoms with Gasteiger partial charge in [-0.3, -0.25) is 11.3 Å². The molecule has 1 heterocycles. The van der Waals surface area contributed by atoms with Gasteiger partial charge in [0.15, 0.2) is 0 Å². The molecule has 0 aliphatic rings. The maximum absolute atomic E-state index is 14.1. The Morgan fingerprint density at radius 1 is 1.19 bits per heavy atom. The van der Waals surface area contributed by atoms with Gasteiger partial charge in [0, 0.05) is 4.70 Å². The Morgan fingerprint density at radius 2 is 2.00 bits per heavy atom. The fraction of sp³-hybridized carbons (Fsp3) is 0.125. The van der Waals surface area contributed by atoms with E-state index in [9.17, 15) is 4.39 Å². The first-order chi connectivity index (χ1) is 10.2. The summed E-state index contributed by atoms with van der Waals surface area (Å²) in [6, 6.07) is 13.0. The highest BCUT2D eigenvalue weighted by Gasteiger charge is 2.17. The number of hydrazine groups is 1. The first-order valence-electron chi connectivity index (χ1n) is 6.56. The molecule has 0 spiro atoms. The second kappa shape index (κ2) is 6.12. The number of nitrogens with two attached hydrogens (primary N) is 1. The summed E-state index contributed by atoms with van der Waals surface area (Å²) in [4.78, 5) is 0. The smallest absolute Gasteiger partial charge is 0.145 e. The monoisotopic (exact) mass is 320 g/mol. The fourth-order valence-corrected chi connectivity index (χ4v) is 3.64. The molecule has 0 saturated heterocycles. The molecule has 2 nitrogen and oxygen atoms in total. The minimum Gasteiger partial charge on any atom is -0.271 e. The van der Waals surface area contributed by atoms with Crippen molar-refractivity contribution in [1.29, 1.82) is 0 Å². The van der Waals surface area contributed by atoms with Gasteiger partial charge in [-0.05, 0) is 40.4 Å². The lowest BCUT2D eigenvalue weighted by Gasteiger charge is -2.18. The average Bonchev–Trinajstić information content (AvgIpc) is 2.97. The molecule has 21 heavy (non-hydrogen) atoms. The molecule has 1 atom stereocenters. The lowest BCUT2D eigenvalue weighted by Crippen LogP contribution is -2.29. The van der Waals surface area contributed by atoms with Crippen LogP contribution in [0.3, 0.4) is 0 Å². The summed E-state index contributed by atoms with van der Waals surface area (Å²) in [6.45, 7) is 0. The van der Waals surface area contributed by atoms with Crippen LogP contribution < -0.4 is 11.3 Å². The highest BCUT2D eigenvalue weighted by Crippen LogP contribution is 2.31. The number of hydrogen-bond acceptors (Lipinski definition) is 3. The third-order valence-electron chi connectivity index (χ3n) is 3.54. The molecule has 1 unspecified atom stereocenters. The Balaban J connectivity index is 1.99. The Labute approximate surface area is 131 Å². The minimum absolute atomic E-state index is 0.137. The summed E-state index contributed by atoms with van der Waals surface area (Å²) in [5, 5.41) is 3.35. The summed E-state index contributed by atoms with van der Waals surface area (Å²) in [7, 11) is 0. The molecule has 3 rings (SSSR count). The van der Waals surface area contributed by atoms with E-state index < -0.39 is 0 Å². The molecular weight excluding hydrogens is 307 g/mol. The molecule has 0 aliphatic carbocycles. The van der Waals surface area contributed by atoms with Gasteiger partial charge in [-0.15, -0.1) is 11.3 Å². The molecule has 0 saturated carbocycles. The largest absolute Gasteiger partial charge is 0.271 e. The van der Waals surface area contributed by atoms with Crippen molar-refractivity contribution in [2.75, 3.05) is 0 Å². The molecule has 2 aromatic carbocycles. The van der Waals surface area contributed by atoms with Gasteiger partial charge >= 0.3 is 0 Å². The van der Waals surface area contributed by atoms with Gasteiger partial charge in [-0.25, -0.2) is 4.39 Å². The Morgan fingerprint density at radius 3 is 2.81 bits per heavy atom. The topological polar surface area (TPSA) is 38.0 Å². The molecule has 0 fully saturated rings. The molecule has 5 heteroatoms. The average molecular weight is 321 g/mol. The van der Waals surface area contributed by atoms with E-state index >= 15 is 0 Å². The molecule has 3 aromatic rings. The summed E-state index contributed by atoms with van der Waals surface area (Å²) in [5.41, 5.74) is 4.42. The van der Waals surface area contributed by atoms with Crippen molar-refractivity contribution in [3.8, 4) is 0 Å². The van der Waals surface area contributed by atoms with Crippen LogP contribution in [0.2, 0.25) is 5.02 Å². The lowest BCUT2D eigenvalue weighted by molar-refractivity contribution is 0.532. The first kappa shape index (κ1) is 14.5. The van der Waals surface area contributed by atoms with E-state index in [1.807, 2.05) is 17.5 Å². The standard InChI is InChI=1S/C16H14ClFN2S/c17-13-6-2-4-11(15(13)18)9-14(20-19)12-5-1-3-10-7-8-21-16(10)12/h1-8,14,20H,9,19H2. The number of nitrogens with one attached hydrogen (secondary N) is 1. The van der Waals surface area contributed by atoms with E-state index in [4.69, 9.17) is 17.4 Å². The predicted octanol–water partition coefficient (Wildman–Crippen LogP) is 4.44. The third-order valence-corrected chi connectivity index (χ3v) is 4.81. The summed E-state index contributed by atoms with van der Waals surface area (Å²) in [5.74, 6) is 5.32. The number of thiophene rings is 1. The van der Waals surface area contributed by atoms with Crippen molar-refractivity contribution in [2.24, 2.45) is 5.84 Å². The number of hydrogen-bond donors (Lipinski definition) is 2. The van der Waals surface area contributed by atoms with Gasteiger partial charge in [-0.2, -0.15) is 0 Å². The lowest BCUT2D eigenvalue weighted by atomic mass is 9.98. The molecule has 0 radical (unpaired) electrons. The van der Waals surface area contributed by atoms with Crippen molar-refractivity contribution in [1.82, 2.24) is 5.43 Å². The van der Waals surface area contributed by atoms with Crippen LogP contribution in [0.4, 0.5) is 4.39 Å². The van der Waals surface area contributed by atoms with Crippen LogP contribution >= 0.6 is 22.9 Å². The minimum atomic E-state index is -0.377. The number of fused-ring (bicyclic) bond motifs is 1. The Hall–Kier alpha value is -1.46. The zero-order valence-corrected chi connectivity index (χ0v) is 12.7. The molecule has 0 aliphatic heterocycles. The van der Waals surface area contributed by atoms with Crippen molar-refractivity contribution in [2.45, 2.75) is 12.5 Å². The van der Waals surface area contributed by atoms with Crippen LogP contribution in [0.1, 0.15) is 17.2 Å². The number of halogens is 2. The van der Waals surface area contributed by atoms with Crippen LogP contribution in [-0.4, -0.2) is 0 Å². The Kier molecular flexibility index (Phi) is 4.22. The number of rotatable bonds is 4. The van der Waals surface area contributed by atoms with Gasteiger partial charge in [0.05, 0.1) is 11.1 Å². The zero-order chi connectivity index (χ0) is 14.8. The van der Waals surface area contributed by atoms with Gasteiger partial charge in [0.1, 0.15) is 5.82 Å². The summed E-state index contributed by atoms with van der Waals surface area (Å²) in [6.07, 6.45) is 0.444. The normalized spacial score (nSPS) is 12.7. The quantitative estimate of drug-likeness (QED) is 0.551. The Bertz CT molecular complexity index is 772. The van der Waals surface area contributed by atoms with E-state index in [0.717, 1.165) is 5.56 Å². The van der Waals surface area contributed by atoms with Crippen LogP contribution in [-0.2, 0) is 6.42 Å². The van der Waals surface area contributed by atoms with Gasteiger partial charge in [0.2, 0.25) is 0 Å². The fourth-order valence-electron chi connectivity index (χ4n) is 2.48. The molecular formula is C16H14ClFN2S. The van der Waals surface area contributed by atoms with E-state index in [1.54, 1.807) is 29.5 Å². The van der Waals surface area contributed by atoms with Crippen molar-refractivity contribution < 1.29 is 4.39 Å². The van der Waals surface area contributed by atoms with E-state index in [-0.39, 0.29) is 16.9 Å². The van der Waals surface area contributed by atoms with E-state index in [1.165, 1.54) is 10.1 Å². The van der Waals surface area contributed by atoms with Crippen molar-refractivity contribution >= 4 is 33.0 Å². The second-order valence-electron chi connectivity index (χ2n) is 4.82. The second-order valence-corrected chi connectivity index (χ2v) is 6.15. The van der Waals surface area contributed by atoms with Crippen LogP contribution in [0.5, 0.6) is 0 Å². The van der Waals surface area contributed by atoms with Gasteiger partial charge in [0.25, 0.3) is 0 Å². The predicted molar refractivity (Wildman–Crippen MR) is 87.0 cm³/mol. The van der Waals surface area contributed by atoms with E-state index in [0.29, 0.717) is 12.0 Å². The van der Waals surface area contributed by atoms with Gasteiger partial charge < -0.3 is 0 Å². The van der Waals surface area contributed by atoms with Crippen LogP contribution in [0.15, 0.2) is 47.8 Å². The molecule has 108 valence electrons. The van der Waals surface area contributed by atoms with Gasteiger partial charge in [-0.1, -0.05) is 41.9 Å². The first-order valence-corrected chi connectivity index (χ1v) is 7.81. The molecule has 0 amide bonds. The SMILES string of the molecule is NNC(Cc1cccc(Cl)c1F)c1cccc2ccsc12. The number of benzene rings is 2. The molecule has 1 aromatic heterocycles. The van der Waals surface area contributed by atoms with Crippen molar-refractivity contribution in [3.63, 3.8) is 0 Å². The van der Waals surface area contributed by atoms with Crippen molar-refractivity contribution in [3.05, 3.63) is 69.8 Å². The third kappa shape index (κ3) is 2.80.